The van der Waals surface area contributed by atoms with Crippen LogP contribution < -0.4 is 16.2 Å². The Morgan fingerprint density at radius 1 is 1.40 bits per heavy atom. The highest BCUT2D eigenvalue weighted by Crippen LogP contribution is 2.34. The predicted octanol–water partition coefficient (Wildman–Crippen LogP) is 2.41. The summed E-state index contributed by atoms with van der Waals surface area (Å²) >= 11 is 0. The fraction of sp³-hybridized carbons (Fsp3) is 0.667. The summed E-state index contributed by atoms with van der Waals surface area (Å²) in [6, 6.07) is 1.72. The van der Waals surface area contributed by atoms with Crippen LogP contribution in [0.3, 0.4) is 0 Å². The third-order valence-electron chi connectivity index (χ3n) is 2.96. The maximum absolute atomic E-state index is 12.8. The summed E-state index contributed by atoms with van der Waals surface area (Å²) in [7, 11) is 0. The number of aromatic nitrogens is 2. The van der Waals surface area contributed by atoms with Crippen LogP contribution >= 0.6 is 0 Å². The quantitative estimate of drug-likeness (QED) is 0.643. The fourth-order valence-electron chi connectivity index (χ4n) is 1.99. The Labute approximate surface area is 115 Å². The van der Waals surface area contributed by atoms with E-state index in [2.05, 4.69) is 15.4 Å². The zero-order valence-corrected chi connectivity index (χ0v) is 11.4. The lowest BCUT2D eigenvalue weighted by molar-refractivity contribution is -0.144. The Morgan fingerprint density at radius 2 is 2.05 bits per heavy atom. The van der Waals surface area contributed by atoms with Gasteiger partial charge in [0.1, 0.15) is 11.6 Å². The smallest absolute Gasteiger partial charge is 0.353 e. The van der Waals surface area contributed by atoms with Crippen LogP contribution in [0.15, 0.2) is 6.07 Å². The highest BCUT2D eigenvalue weighted by Gasteiger charge is 2.37. The van der Waals surface area contributed by atoms with Crippen molar-refractivity contribution in [3.63, 3.8) is 0 Å². The second kappa shape index (κ2) is 5.43. The van der Waals surface area contributed by atoms with E-state index in [-0.39, 0.29) is 17.7 Å². The first-order valence-electron chi connectivity index (χ1n) is 6.50. The van der Waals surface area contributed by atoms with Gasteiger partial charge in [-0.15, -0.1) is 0 Å². The average Bonchev–Trinajstić information content (AvgIpc) is 3.18. The lowest BCUT2D eigenvalue weighted by atomic mass is 10.2. The van der Waals surface area contributed by atoms with Crippen molar-refractivity contribution in [2.45, 2.75) is 38.9 Å². The van der Waals surface area contributed by atoms with Gasteiger partial charge in [0.25, 0.3) is 0 Å². The van der Waals surface area contributed by atoms with Crippen molar-refractivity contribution in [1.82, 2.24) is 9.97 Å². The topological polar surface area (TPSA) is 67.1 Å². The van der Waals surface area contributed by atoms with Gasteiger partial charge >= 0.3 is 6.18 Å². The number of hydrazine groups is 1. The van der Waals surface area contributed by atoms with Gasteiger partial charge in [-0.1, -0.05) is 13.8 Å². The molecule has 1 aromatic heterocycles. The number of nitrogen functional groups attached to an aromatic ring is 1. The number of halogens is 3. The molecule has 1 heterocycles. The molecule has 1 fully saturated rings. The minimum Gasteiger partial charge on any atom is -0.353 e. The Hall–Kier alpha value is -1.57. The second-order valence-electron chi connectivity index (χ2n) is 5.35. The molecule has 0 saturated heterocycles. The molecule has 1 aromatic rings. The van der Waals surface area contributed by atoms with Gasteiger partial charge in [0.15, 0.2) is 0 Å². The first-order chi connectivity index (χ1) is 9.31. The molecule has 3 N–H and O–H groups in total. The van der Waals surface area contributed by atoms with Gasteiger partial charge in [-0.05, 0) is 18.8 Å². The average molecular weight is 289 g/mol. The standard InChI is InChI=1S/C12H18F3N5/c1-7(2)6-20(8-3-4-8)10-5-9(19-16)17-11(18-10)12(13,14)15/h5,7-8H,3-4,6,16H2,1-2H3,(H,17,18,19). The second-order valence-corrected chi connectivity index (χ2v) is 5.35. The minimum absolute atomic E-state index is 0.0308. The molecule has 20 heavy (non-hydrogen) atoms. The van der Waals surface area contributed by atoms with Crippen molar-refractivity contribution in [2.75, 3.05) is 16.9 Å². The van der Waals surface area contributed by atoms with E-state index in [1.807, 2.05) is 18.7 Å². The third-order valence-corrected chi connectivity index (χ3v) is 2.96. The summed E-state index contributed by atoms with van der Waals surface area (Å²) < 4.78 is 38.4. The van der Waals surface area contributed by atoms with E-state index in [9.17, 15) is 13.2 Å². The van der Waals surface area contributed by atoms with E-state index in [0.717, 1.165) is 12.8 Å². The predicted molar refractivity (Wildman–Crippen MR) is 70.1 cm³/mol. The van der Waals surface area contributed by atoms with E-state index in [1.54, 1.807) is 0 Å². The Morgan fingerprint density at radius 3 is 2.50 bits per heavy atom. The maximum atomic E-state index is 12.8. The maximum Gasteiger partial charge on any atom is 0.451 e. The molecular formula is C12H18F3N5. The number of nitrogens with two attached hydrogens (primary N) is 1. The van der Waals surface area contributed by atoms with Crippen molar-refractivity contribution >= 4 is 11.6 Å². The molecule has 0 atom stereocenters. The molecule has 8 heteroatoms. The highest BCUT2D eigenvalue weighted by molar-refractivity contribution is 5.50. The van der Waals surface area contributed by atoms with Crippen LogP contribution in [0.1, 0.15) is 32.5 Å². The van der Waals surface area contributed by atoms with Gasteiger partial charge in [0, 0.05) is 18.7 Å². The lowest BCUT2D eigenvalue weighted by Gasteiger charge is -2.26. The first-order valence-corrected chi connectivity index (χ1v) is 6.50. The Balaban J connectivity index is 2.37. The first kappa shape index (κ1) is 14.8. The molecule has 1 aliphatic rings. The van der Waals surface area contributed by atoms with Crippen molar-refractivity contribution in [1.29, 1.82) is 0 Å². The summed E-state index contributed by atoms with van der Waals surface area (Å²) in [5.41, 5.74) is 2.17. The molecule has 0 radical (unpaired) electrons. The van der Waals surface area contributed by atoms with Crippen LogP contribution in [0.5, 0.6) is 0 Å². The van der Waals surface area contributed by atoms with E-state index in [4.69, 9.17) is 5.84 Å². The summed E-state index contributed by atoms with van der Waals surface area (Å²) in [6.45, 7) is 4.69. The number of hydrogen-bond acceptors (Lipinski definition) is 5. The molecule has 112 valence electrons. The van der Waals surface area contributed by atoms with Gasteiger partial charge in [-0.2, -0.15) is 13.2 Å². The number of nitrogens with one attached hydrogen (secondary N) is 1. The molecule has 2 rings (SSSR count). The van der Waals surface area contributed by atoms with Crippen molar-refractivity contribution in [3.05, 3.63) is 11.9 Å². The lowest BCUT2D eigenvalue weighted by Crippen LogP contribution is -2.31. The third kappa shape index (κ3) is 3.50. The van der Waals surface area contributed by atoms with Crippen LogP contribution in [0, 0.1) is 5.92 Å². The summed E-state index contributed by atoms with van der Waals surface area (Å²) in [6.07, 6.45) is -2.64. The van der Waals surface area contributed by atoms with E-state index < -0.39 is 12.0 Å². The van der Waals surface area contributed by atoms with Crippen molar-refractivity contribution in [2.24, 2.45) is 11.8 Å². The van der Waals surface area contributed by atoms with Gasteiger partial charge in [0.05, 0.1) is 0 Å². The van der Waals surface area contributed by atoms with Gasteiger partial charge in [0.2, 0.25) is 5.82 Å². The van der Waals surface area contributed by atoms with Crippen LogP contribution in [0.25, 0.3) is 0 Å². The number of alkyl halides is 3. The number of nitrogens with zero attached hydrogens (tertiary/aromatic N) is 3. The summed E-state index contributed by atoms with van der Waals surface area (Å²) in [5, 5.41) is 0. The monoisotopic (exact) mass is 289 g/mol. The summed E-state index contributed by atoms with van der Waals surface area (Å²) in [4.78, 5) is 8.93. The zero-order chi connectivity index (χ0) is 14.9. The molecule has 0 amide bonds. The summed E-state index contributed by atoms with van der Waals surface area (Å²) in [5.74, 6) is 4.60. The van der Waals surface area contributed by atoms with E-state index in [0.29, 0.717) is 12.5 Å². The highest BCUT2D eigenvalue weighted by atomic mass is 19.4. The van der Waals surface area contributed by atoms with Crippen LogP contribution in [0.2, 0.25) is 0 Å². The van der Waals surface area contributed by atoms with Crippen molar-refractivity contribution < 1.29 is 13.2 Å². The van der Waals surface area contributed by atoms with Crippen LogP contribution in [-0.4, -0.2) is 22.6 Å². The molecule has 0 aromatic carbocycles. The van der Waals surface area contributed by atoms with Gasteiger partial charge in [-0.3, -0.25) is 0 Å². The van der Waals surface area contributed by atoms with E-state index >= 15 is 0 Å². The largest absolute Gasteiger partial charge is 0.451 e. The van der Waals surface area contributed by atoms with E-state index in [1.165, 1.54) is 6.07 Å². The Kier molecular flexibility index (Phi) is 4.03. The number of rotatable bonds is 5. The van der Waals surface area contributed by atoms with Crippen LogP contribution in [-0.2, 0) is 6.18 Å². The molecule has 1 aliphatic carbocycles. The molecule has 5 nitrogen and oxygen atoms in total. The fourth-order valence-corrected chi connectivity index (χ4v) is 1.99. The normalized spacial score (nSPS) is 15.6. The molecule has 0 spiro atoms. The van der Waals surface area contributed by atoms with Gasteiger partial charge < -0.3 is 10.3 Å². The molecule has 0 unspecified atom stereocenters. The van der Waals surface area contributed by atoms with Crippen LogP contribution in [0.4, 0.5) is 24.8 Å². The number of anilines is 2. The number of hydrogen-bond donors (Lipinski definition) is 2. The Bertz CT molecular complexity index is 471. The minimum atomic E-state index is -4.59. The SMILES string of the molecule is CC(C)CN(c1cc(NN)nc(C(F)(F)F)n1)C1CC1. The van der Waals surface area contributed by atoms with Crippen molar-refractivity contribution in [3.8, 4) is 0 Å². The molecular weight excluding hydrogens is 271 g/mol. The van der Waals surface area contributed by atoms with Gasteiger partial charge in [-0.25, -0.2) is 15.8 Å². The molecule has 0 bridgehead atoms. The molecule has 0 aliphatic heterocycles. The zero-order valence-electron chi connectivity index (χ0n) is 11.4. The molecule has 1 saturated carbocycles.